The van der Waals surface area contributed by atoms with Crippen molar-refractivity contribution in [3.8, 4) is 17.1 Å². The van der Waals surface area contributed by atoms with Gasteiger partial charge in [0, 0.05) is 35.4 Å². The number of anilines is 1. The average molecular weight is 536 g/mol. The molecule has 192 valence electrons. The van der Waals surface area contributed by atoms with Gasteiger partial charge in [-0.2, -0.15) is 5.10 Å². The second kappa shape index (κ2) is 10.2. The maximum absolute atomic E-state index is 14.0. The summed E-state index contributed by atoms with van der Waals surface area (Å²) < 4.78 is 21.7. The van der Waals surface area contributed by atoms with Gasteiger partial charge in [0.15, 0.2) is 5.82 Å². The van der Waals surface area contributed by atoms with Crippen LogP contribution in [0.1, 0.15) is 51.3 Å². The Kier molecular flexibility index (Phi) is 7.40. The average Bonchev–Trinajstić information content (AvgIpc) is 3.32. The molecule has 0 spiro atoms. The maximum atomic E-state index is 14.0. The van der Waals surface area contributed by atoms with Crippen LogP contribution in [0.3, 0.4) is 0 Å². The molecular weight excluding hydrogens is 508 g/mol. The first-order valence-electron chi connectivity index (χ1n) is 11.5. The number of benzene rings is 1. The first-order chi connectivity index (χ1) is 17.0. The van der Waals surface area contributed by atoms with E-state index in [1.54, 1.807) is 31.9 Å². The standard InChI is InChI=1S/C24H28Cl2FN7O2/c1-13(19-16(25)4-5-17(27)20(19)26)36-22-21(28)30-11-18(32-22)14-10-31-34(12-14)15-6-8-33(9-7-15)23(35)24(2,3)29/h4-5,10-13,15H,6-9,29H2,1-3H3,(H2,28,30)/t13-/m1/s1. The second-order valence-corrected chi connectivity index (χ2v) is 10.2. The monoisotopic (exact) mass is 535 g/mol. The predicted octanol–water partition coefficient (Wildman–Crippen LogP) is 4.41. The molecule has 0 saturated carbocycles. The van der Waals surface area contributed by atoms with Crippen LogP contribution in [0.2, 0.25) is 10.0 Å². The number of aromatic nitrogens is 4. The van der Waals surface area contributed by atoms with Crippen molar-refractivity contribution < 1.29 is 13.9 Å². The molecule has 1 saturated heterocycles. The SMILES string of the molecule is C[C@@H](Oc1nc(-c2cnn(C3CCN(C(=O)C(C)(C)N)CC3)c2)cnc1N)c1c(Cl)ccc(F)c1Cl. The molecule has 0 aliphatic carbocycles. The van der Waals surface area contributed by atoms with Crippen LogP contribution in [0.4, 0.5) is 10.2 Å². The number of piperidine rings is 1. The van der Waals surface area contributed by atoms with Crippen LogP contribution in [0, 0.1) is 5.82 Å². The van der Waals surface area contributed by atoms with Crippen molar-refractivity contribution in [3.05, 3.63) is 52.1 Å². The summed E-state index contributed by atoms with van der Waals surface area (Å²) in [5.74, 6) is -0.516. The van der Waals surface area contributed by atoms with Crippen LogP contribution >= 0.6 is 23.2 Å². The van der Waals surface area contributed by atoms with Crippen LogP contribution in [-0.2, 0) is 4.79 Å². The zero-order chi connectivity index (χ0) is 26.2. The van der Waals surface area contributed by atoms with Gasteiger partial charge < -0.3 is 21.1 Å². The minimum absolute atomic E-state index is 0.0539. The van der Waals surface area contributed by atoms with Crippen LogP contribution in [0.5, 0.6) is 5.88 Å². The number of rotatable bonds is 6. The number of likely N-dealkylation sites (tertiary alicyclic amines) is 1. The molecule has 1 aromatic carbocycles. The van der Waals surface area contributed by atoms with Crippen molar-refractivity contribution in [2.75, 3.05) is 18.8 Å². The van der Waals surface area contributed by atoms with E-state index in [0.29, 0.717) is 24.3 Å². The van der Waals surface area contributed by atoms with Gasteiger partial charge in [-0.1, -0.05) is 23.2 Å². The first-order valence-corrected chi connectivity index (χ1v) is 12.3. The highest BCUT2D eigenvalue weighted by atomic mass is 35.5. The maximum Gasteiger partial charge on any atom is 0.258 e. The Morgan fingerprint density at radius 1 is 1.25 bits per heavy atom. The van der Waals surface area contributed by atoms with E-state index in [1.807, 2.05) is 10.9 Å². The van der Waals surface area contributed by atoms with Gasteiger partial charge in [-0.3, -0.25) is 9.48 Å². The molecule has 1 amide bonds. The lowest BCUT2D eigenvalue weighted by Crippen LogP contribution is -2.53. The van der Waals surface area contributed by atoms with E-state index in [1.165, 1.54) is 18.3 Å². The number of hydrogen-bond acceptors (Lipinski definition) is 7. The molecule has 3 heterocycles. The minimum atomic E-state index is -0.887. The number of nitrogen functional groups attached to an aromatic ring is 1. The van der Waals surface area contributed by atoms with E-state index >= 15 is 0 Å². The van der Waals surface area contributed by atoms with E-state index < -0.39 is 17.5 Å². The van der Waals surface area contributed by atoms with Crippen molar-refractivity contribution in [1.82, 2.24) is 24.6 Å². The minimum Gasteiger partial charge on any atom is -0.467 e. The Bertz CT molecular complexity index is 1270. The van der Waals surface area contributed by atoms with Crippen molar-refractivity contribution in [3.63, 3.8) is 0 Å². The molecule has 1 fully saturated rings. The van der Waals surface area contributed by atoms with Crippen molar-refractivity contribution in [2.45, 2.75) is 51.3 Å². The smallest absolute Gasteiger partial charge is 0.258 e. The number of nitrogens with two attached hydrogens (primary N) is 2. The molecular formula is C24H28Cl2FN7O2. The van der Waals surface area contributed by atoms with Gasteiger partial charge in [0.1, 0.15) is 11.9 Å². The van der Waals surface area contributed by atoms with Crippen LogP contribution < -0.4 is 16.2 Å². The van der Waals surface area contributed by atoms with E-state index in [2.05, 4.69) is 15.1 Å². The van der Waals surface area contributed by atoms with E-state index in [4.69, 9.17) is 39.4 Å². The highest BCUT2D eigenvalue weighted by Gasteiger charge is 2.31. The van der Waals surface area contributed by atoms with E-state index in [-0.39, 0.29) is 33.7 Å². The summed E-state index contributed by atoms with van der Waals surface area (Å²) in [5, 5.41) is 4.64. The molecule has 4 N–H and O–H groups in total. The summed E-state index contributed by atoms with van der Waals surface area (Å²) in [5.41, 5.74) is 12.6. The van der Waals surface area contributed by atoms with Gasteiger partial charge in [0.05, 0.1) is 34.7 Å². The summed E-state index contributed by atoms with van der Waals surface area (Å²) in [6.45, 7) is 6.33. The van der Waals surface area contributed by atoms with Gasteiger partial charge in [0.2, 0.25) is 5.91 Å². The Hall–Kier alpha value is -2.95. The van der Waals surface area contributed by atoms with Gasteiger partial charge in [-0.15, -0.1) is 0 Å². The Balaban J connectivity index is 1.48. The van der Waals surface area contributed by atoms with Crippen LogP contribution in [0.15, 0.2) is 30.7 Å². The number of carbonyl (C=O) groups is 1. The quantitative estimate of drug-likeness (QED) is 0.447. The molecule has 1 aliphatic heterocycles. The van der Waals surface area contributed by atoms with Crippen molar-refractivity contribution >= 4 is 34.9 Å². The number of halogens is 3. The summed E-state index contributed by atoms with van der Waals surface area (Å²) in [7, 11) is 0. The van der Waals surface area contributed by atoms with Crippen LogP contribution in [-0.4, -0.2) is 49.2 Å². The lowest BCUT2D eigenvalue weighted by molar-refractivity contribution is -0.137. The second-order valence-electron chi connectivity index (χ2n) is 9.42. The van der Waals surface area contributed by atoms with E-state index in [9.17, 15) is 9.18 Å². The van der Waals surface area contributed by atoms with Crippen molar-refractivity contribution in [2.24, 2.45) is 5.73 Å². The van der Waals surface area contributed by atoms with Crippen LogP contribution in [0.25, 0.3) is 11.3 Å². The molecule has 4 rings (SSSR count). The lowest BCUT2D eigenvalue weighted by atomic mass is 10.0. The Morgan fingerprint density at radius 2 is 1.94 bits per heavy atom. The third-order valence-electron chi connectivity index (χ3n) is 6.12. The molecule has 0 radical (unpaired) electrons. The molecule has 1 atom stereocenters. The van der Waals surface area contributed by atoms with Gasteiger partial charge in [-0.05, 0) is 45.7 Å². The molecule has 36 heavy (non-hydrogen) atoms. The molecule has 2 aromatic heterocycles. The first kappa shape index (κ1) is 26.1. The lowest BCUT2D eigenvalue weighted by Gasteiger charge is -2.35. The summed E-state index contributed by atoms with van der Waals surface area (Å²) in [4.78, 5) is 22.9. The van der Waals surface area contributed by atoms with Gasteiger partial charge in [0.25, 0.3) is 5.88 Å². The number of hydrogen-bond donors (Lipinski definition) is 2. The Labute approximate surface area is 218 Å². The number of nitrogens with zero attached hydrogens (tertiary/aromatic N) is 5. The third kappa shape index (κ3) is 5.40. The van der Waals surface area contributed by atoms with Gasteiger partial charge >= 0.3 is 0 Å². The zero-order valence-electron chi connectivity index (χ0n) is 20.2. The number of ether oxygens (including phenoxy) is 1. The largest absolute Gasteiger partial charge is 0.467 e. The topological polar surface area (TPSA) is 125 Å². The molecule has 3 aromatic rings. The number of carbonyl (C=O) groups excluding carboxylic acids is 1. The summed E-state index contributed by atoms with van der Waals surface area (Å²) in [6.07, 6.45) is 5.88. The normalized spacial score (nSPS) is 15.7. The van der Waals surface area contributed by atoms with Gasteiger partial charge in [-0.25, -0.2) is 14.4 Å². The molecule has 0 unspecified atom stereocenters. The molecule has 9 nitrogen and oxygen atoms in total. The highest BCUT2D eigenvalue weighted by molar-refractivity contribution is 6.36. The third-order valence-corrected chi connectivity index (χ3v) is 6.83. The fourth-order valence-electron chi connectivity index (χ4n) is 4.16. The molecule has 0 bridgehead atoms. The van der Waals surface area contributed by atoms with Crippen molar-refractivity contribution in [1.29, 1.82) is 0 Å². The fourth-order valence-corrected chi connectivity index (χ4v) is 4.84. The molecule has 12 heteroatoms. The molecule has 1 aliphatic rings. The fraction of sp³-hybridized carbons (Fsp3) is 0.417. The Morgan fingerprint density at radius 3 is 2.61 bits per heavy atom. The summed E-state index contributed by atoms with van der Waals surface area (Å²) >= 11 is 12.3. The van der Waals surface area contributed by atoms with E-state index in [0.717, 1.165) is 18.4 Å². The summed E-state index contributed by atoms with van der Waals surface area (Å²) in [6, 6.07) is 2.74. The highest BCUT2D eigenvalue weighted by Crippen LogP contribution is 2.36. The number of amides is 1. The predicted molar refractivity (Wildman–Crippen MR) is 136 cm³/mol. The zero-order valence-corrected chi connectivity index (χ0v) is 21.7.